The van der Waals surface area contributed by atoms with Crippen molar-refractivity contribution >= 4 is 24.4 Å². The van der Waals surface area contributed by atoms with Crippen LogP contribution in [0.3, 0.4) is 0 Å². The summed E-state index contributed by atoms with van der Waals surface area (Å²) in [6.45, 7) is -0.125. The van der Waals surface area contributed by atoms with Crippen LogP contribution in [0.25, 0.3) is 0 Å². The molecule has 3 aromatic rings. The summed E-state index contributed by atoms with van der Waals surface area (Å²) < 4.78 is 5.39. The molecule has 1 N–H and O–H groups in total. The fourth-order valence-electron chi connectivity index (χ4n) is 3.28. The summed E-state index contributed by atoms with van der Waals surface area (Å²) in [5, 5.41) is 2.42. The highest BCUT2D eigenvalue weighted by Gasteiger charge is 2.53. The number of Topliss-reactive ketones (excluding diaryl/α,β-unsaturated/α-hetero) is 1. The third kappa shape index (κ3) is 4.59. The number of hydrogen-bond acceptors (Lipinski definition) is 5. The molecule has 0 spiro atoms. The zero-order valence-corrected chi connectivity index (χ0v) is 16.6. The van der Waals surface area contributed by atoms with Crippen LogP contribution in [-0.2, 0) is 35.9 Å². The summed E-state index contributed by atoms with van der Waals surface area (Å²) in [4.78, 5) is 50.4. The smallest absolute Gasteiger partial charge is 0.332 e. The van der Waals surface area contributed by atoms with E-state index >= 15 is 0 Å². The Morgan fingerprint density at radius 3 is 2.00 bits per heavy atom. The lowest BCUT2D eigenvalue weighted by molar-refractivity contribution is -0.153. The van der Waals surface area contributed by atoms with E-state index in [0.29, 0.717) is 17.5 Å². The van der Waals surface area contributed by atoms with Crippen molar-refractivity contribution < 1.29 is 23.9 Å². The minimum absolute atomic E-state index is 0.113. The van der Waals surface area contributed by atoms with E-state index in [1.807, 2.05) is 6.07 Å². The van der Waals surface area contributed by atoms with Gasteiger partial charge in [-0.15, -0.1) is 0 Å². The quantitative estimate of drug-likeness (QED) is 0.313. The van der Waals surface area contributed by atoms with Gasteiger partial charge in [-0.05, 0) is 16.7 Å². The van der Waals surface area contributed by atoms with Crippen LogP contribution >= 0.6 is 0 Å². The summed E-state index contributed by atoms with van der Waals surface area (Å²) in [6.07, 6.45) is 2.00. The maximum absolute atomic E-state index is 13.7. The zero-order valence-electron chi connectivity index (χ0n) is 16.6. The van der Waals surface area contributed by atoms with Gasteiger partial charge in [0.05, 0.1) is 0 Å². The number of nitrogens with one attached hydrogen (secondary N) is 1. The van der Waals surface area contributed by atoms with Crippen molar-refractivity contribution in [3.05, 3.63) is 108 Å². The Morgan fingerprint density at radius 2 is 1.45 bits per heavy atom. The molecule has 0 saturated carbocycles. The van der Waals surface area contributed by atoms with Crippen molar-refractivity contribution in [2.45, 2.75) is 18.1 Å². The molecular weight excluding hydrogens is 394 g/mol. The molecule has 3 aromatic carbocycles. The van der Waals surface area contributed by atoms with Crippen LogP contribution in [0, 0.1) is 0 Å². The van der Waals surface area contributed by atoms with Gasteiger partial charge in [-0.2, -0.15) is 0 Å². The second-order valence-electron chi connectivity index (χ2n) is 6.77. The van der Waals surface area contributed by atoms with Crippen LogP contribution in [0.2, 0.25) is 0 Å². The molecule has 0 aliphatic heterocycles. The summed E-state index contributed by atoms with van der Waals surface area (Å²) >= 11 is 0. The lowest BCUT2D eigenvalue weighted by atomic mass is 9.74. The molecule has 2 atom stereocenters. The van der Waals surface area contributed by atoms with Crippen LogP contribution in [-0.4, -0.2) is 24.4 Å². The molecule has 0 aliphatic carbocycles. The van der Waals surface area contributed by atoms with Crippen LogP contribution < -0.4 is 5.32 Å². The fourth-order valence-corrected chi connectivity index (χ4v) is 3.28. The van der Waals surface area contributed by atoms with Gasteiger partial charge in [-0.1, -0.05) is 91.0 Å². The first-order valence-corrected chi connectivity index (χ1v) is 9.58. The second kappa shape index (κ2) is 10.1. The Balaban J connectivity index is 2.04. The van der Waals surface area contributed by atoms with E-state index in [2.05, 4.69) is 5.32 Å². The monoisotopic (exact) mass is 414 g/mol. The number of carbonyl (C=O) groups is 3. The lowest BCUT2D eigenvalue weighted by Crippen LogP contribution is -2.51. The fraction of sp³-hybridized carbons (Fsp3) is 0.120. The predicted octanol–water partition coefficient (Wildman–Crippen LogP) is 2.83. The van der Waals surface area contributed by atoms with Crippen LogP contribution in [0.15, 0.2) is 91.0 Å². The largest absolute Gasteiger partial charge is 0.459 e. The summed E-state index contributed by atoms with van der Waals surface area (Å²) in [6, 6.07) is 23.9. The molecule has 0 aromatic heterocycles. The number of ketones is 1. The van der Waals surface area contributed by atoms with Gasteiger partial charge >= 0.3 is 5.97 Å². The van der Waals surface area contributed by atoms with Crippen molar-refractivity contribution in [3.63, 3.8) is 0 Å². The first-order valence-electron chi connectivity index (χ1n) is 9.58. The Labute approximate surface area is 179 Å². The summed E-state index contributed by atoms with van der Waals surface area (Å²) in [5.41, 5.74) is -1.14. The molecule has 155 valence electrons. The van der Waals surface area contributed by atoms with Crippen molar-refractivity contribution in [1.82, 2.24) is 5.32 Å². The van der Waals surface area contributed by atoms with Gasteiger partial charge in [0.1, 0.15) is 12.6 Å². The predicted molar refractivity (Wildman–Crippen MR) is 113 cm³/mol. The summed E-state index contributed by atoms with van der Waals surface area (Å²) in [5.74, 6) is -1.92. The Hall–Kier alpha value is -4.06. The van der Waals surface area contributed by atoms with Crippen LogP contribution in [0.4, 0.5) is 0 Å². The lowest BCUT2D eigenvalue weighted by Gasteiger charge is -2.28. The molecular formula is C25H20NO5. The molecule has 0 fully saturated rings. The van der Waals surface area contributed by atoms with Crippen molar-refractivity contribution in [2.24, 2.45) is 0 Å². The average Bonchev–Trinajstić information content (AvgIpc) is 2.84. The Kier molecular flexibility index (Phi) is 7.06. The van der Waals surface area contributed by atoms with Crippen LogP contribution in [0.5, 0.6) is 0 Å². The first-order chi connectivity index (χ1) is 15.1. The highest BCUT2D eigenvalue weighted by atomic mass is 16.5. The van der Waals surface area contributed by atoms with Crippen molar-refractivity contribution in [1.29, 1.82) is 0 Å². The Bertz CT molecular complexity index is 1040. The van der Waals surface area contributed by atoms with E-state index in [-0.39, 0.29) is 12.2 Å². The van der Waals surface area contributed by atoms with Crippen LogP contribution in [0.1, 0.15) is 22.7 Å². The molecule has 0 heterocycles. The first kappa shape index (κ1) is 21.6. The van der Waals surface area contributed by atoms with Crippen molar-refractivity contribution in [2.75, 3.05) is 0 Å². The second-order valence-corrected chi connectivity index (χ2v) is 6.77. The number of esters is 1. The van der Waals surface area contributed by atoms with E-state index < -0.39 is 23.2 Å². The molecule has 1 radical (unpaired) electrons. The van der Waals surface area contributed by atoms with Gasteiger partial charge in [0.15, 0.2) is 5.78 Å². The topological polar surface area (TPSA) is 89.5 Å². The number of ether oxygens (including phenoxy) is 1. The minimum atomic E-state index is -2.37. The van der Waals surface area contributed by atoms with E-state index in [1.54, 1.807) is 79.1 Å². The maximum Gasteiger partial charge on any atom is 0.332 e. The van der Waals surface area contributed by atoms with Gasteiger partial charge < -0.3 is 10.1 Å². The molecule has 1 amide bonds. The molecule has 6 heteroatoms. The van der Waals surface area contributed by atoms with Gasteiger partial charge in [0, 0.05) is 0 Å². The third-order valence-electron chi connectivity index (χ3n) is 4.88. The van der Waals surface area contributed by atoms with E-state index in [4.69, 9.17) is 4.74 Å². The molecule has 0 aliphatic rings. The number of amides is 1. The van der Waals surface area contributed by atoms with Gasteiger partial charge in [-0.25, -0.2) is 0 Å². The molecule has 0 bridgehead atoms. The van der Waals surface area contributed by atoms with Gasteiger partial charge in [-0.3, -0.25) is 19.2 Å². The standard InChI is InChI=1S/C25H20NO5/c27-17-25(21-14-8-3-9-15-21,24(30)31-16-19-10-4-1-5-11-19)23(29)22(26-18-28)20-12-6-2-7-13-20/h1-15,18,22H,16H2,(H,26,28). The van der Waals surface area contributed by atoms with E-state index in [0.717, 1.165) is 0 Å². The molecule has 6 nitrogen and oxygen atoms in total. The maximum atomic E-state index is 13.7. The van der Waals surface area contributed by atoms with Crippen molar-refractivity contribution in [3.8, 4) is 0 Å². The molecule has 2 unspecified atom stereocenters. The zero-order chi connectivity index (χ0) is 22.1. The Morgan fingerprint density at radius 1 is 0.903 bits per heavy atom. The highest BCUT2D eigenvalue weighted by Crippen LogP contribution is 2.31. The van der Waals surface area contributed by atoms with E-state index in [1.165, 1.54) is 12.1 Å². The molecule has 0 saturated heterocycles. The number of hydrogen-bond donors (Lipinski definition) is 1. The normalized spacial score (nSPS) is 13.3. The SMILES string of the molecule is O=[C]C(C(=O)OCc1ccccc1)(C(=O)C(NC=O)c1ccccc1)c1ccccc1. The number of benzene rings is 3. The minimum Gasteiger partial charge on any atom is -0.459 e. The average molecular weight is 414 g/mol. The van der Waals surface area contributed by atoms with Gasteiger partial charge in [0.2, 0.25) is 18.1 Å². The molecule has 3 rings (SSSR count). The molecule has 31 heavy (non-hydrogen) atoms. The van der Waals surface area contributed by atoms with E-state index in [9.17, 15) is 19.2 Å². The van der Waals surface area contributed by atoms with Gasteiger partial charge in [0.25, 0.3) is 0 Å². The number of carbonyl (C=O) groups excluding carboxylic acids is 4. The number of rotatable bonds is 10. The third-order valence-corrected chi connectivity index (χ3v) is 4.88. The highest BCUT2D eigenvalue weighted by molar-refractivity contribution is 6.24. The summed E-state index contributed by atoms with van der Waals surface area (Å²) in [7, 11) is 0.